The van der Waals surface area contributed by atoms with Crippen LogP contribution in [0.25, 0.3) is 0 Å². The summed E-state index contributed by atoms with van der Waals surface area (Å²) in [6, 6.07) is 4.15. The summed E-state index contributed by atoms with van der Waals surface area (Å²) in [4.78, 5) is 11.4. The lowest BCUT2D eigenvalue weighted by Gasteiger charge is -2.20. The van der Waals surface area contributed by atoms with Crippen LogP contribution in [0.4, 0.5) is 22.0 Å². The van der Waals surface area contributed by atoms with Crippen molar-refractivity contribution in [3.8, 4) is 5.75 Å². The molecule has 0 unspecified atom stereocenters. The van der Waals surface area contributed by atoms with Crippen LogP contribution < -0.4 is 4.74 Å². The molecule has 7 heteroatoms. The molecule has 2 nitrogen and oxygen atoms in total. The number of ketones is 1. The van der Waals surface area contributed by atoms with Crippen molar-refractivity contribution >= 4 is 5.78 Å². The van der Waals surface area contributed by atoms with Crippen molar-refractivity contribution in [3.05, 3.63) is 29.3 Å². The van der Waals surface area contributed by atoms with E-state index in [-0.39, 0.29) is 11.3 Å². The van der Waals surface area contributed by atoms with E-state index in [1.165, 1.54) is 25.1 Å². The Bertz CT molecular complexity index is 494. The van der Waals surface area contributed by atoms with E-state index in [0.717, 1.165) is 5.56 Å². The van der Waals surface area contributed by atoms with E-state index >= 15 is 0 Å². The first kappa shape index (κ1) is 16.4. The maximum absolute atomic E-state index is 12.8. The van der Waals surface area contributed by atoms with Gasteiger partial charge < -0.3 is 4.74 Å². The molecule has 0 radical (unpaired) electrons. The molecule has 0 aliphatic carbocycles. The number of alkyl halides is 5. The van der Waals surface area contributed by atoms with Crippen molar-refractivity contribution in [1.29, 1.82) is 0 Å². The van der Waals surface area contributed by atoms with Crippen LogP contribution in [0.2, 0.25) is 0 Å². The van der Waals surface area contributed by atoms with Gasteiger partial charge in [-0.2, -0.15) is 22.0 Å². The molecule has 0 amide bonds. The Morgan fingerprint density at radius 1 is 1.20 bits per heavy atom. The highest BCUT2D eigenvalue weighted by atomic mass is 19.4. The van der Waals surface area contributed by atoms with Crippen LogP contribution >= 0.6 is 0 Å². The van der Waals surface area contributed by atoms with Crippen LogP contribution in [-0.4, -0.2) is 24.5 Å². The van der Waals surface area contributed by atoms with E-state index in [9.17, 15) is 26.7 Å². The predicted molar refractivity (Wildman–Crippen MR) is 62.3 cm³/mol. The molecule has 0 saturated heterocycles. The van der Waals surface area contributed by atoms with E-state index in [2.05, 4.69) is 4.74 Å². The van der Waals surface area contributed by atoms with Crippen molar-refractivity contribution in [3.63, 3.8) is 0 Å². The van der Waals surface area contributed by atoms with Gasteiger partial charge in [0.2, 0.25) is 0 Å². The fraction of sp³-hybridized carbons (Fsp3) is 0.462. The van der Waals surface area contributed by atoms with Gasteiger partial charge in [0.05, 0.1) is 5.56 Å². The molecule has 0 N–H and O–H groups in total. The van der Waals surface area contributed by atoms with Crippen LogP contribution in [0.15, 0.2) is 18.2 Å². The summed E-state index contributed by atoms with van der Waals surface area (Å²) < 4.78 is 66.1. The molecule has 1 aromatic carbocycles. The maximum atomic E-state index is 12.8. The third kappa shape index (κ3) is 3.68. The molecular weight excluding hydrogens is 283 g/mol. The lowest BCUT2D eigenvalue weighted by molar-refractivity contribution is -0.290. The van der Waals surface area contributed by atoms with Gasteiger partial charge in [0, 0.05) is 0 Å². The van der Waals surface area contributed by atoms with Crippen molar-refractivity contribution in [2.75, 3.05) is 6.61 Å². The molecule has 1 aromatic rings. The van der Waals surface area contributed by atoms with Gasteiger partial charge in [-0.3, -0.25) is 4.79 Å². The molecule has 1 rings (SSSR count). The highest BCUT2D eigenvalue weighted by molar-refractivity contribution is 5.97. The number of rotatable bonds is 5. The largest absolute Gasteiger partial charge is 0.486 e. The lowest BCUT2D eigenvalue weighted by Crippen LogP contribution is -2.41. The second kappa shape index (κ2) is 5.76. The SMILES string of the molecule is CCc1ccc(OCC(F)(F)C(F)(F)F)c(C(C)=O)c1. The van der Waals surface area contributed by atoms with Crippen molar-refractivity contribution < 1.29 is 31.5 Å². The number of hydrogen-bond acceptors (Lipinski definition) is 2. The molecule has 0 fully saturated rings. The molecule has 20 heavy (non-hydrogen) atoms. The Kier molecular flexibility index (Phi) is 4.73. The maximum Gasteiger partial charge on any atom is 0.456 e. The van der Waals surface area contributed by atoms with E-state index in [0.29, 0.717) is 6.42 Å². The summed E-state index contributed by atoms with van der Waals surface area (Å²) in [7, 11) is 0. The van der Waals surface area contributed by atoms with Gasteiger partial charge in [0.25, 0.3) is 0 Å². The Morgan fingerprint density at radius 2 is 1.80 bits per heavy atom. The number of carbonyl (C=O) groups is 1. The number of benzene rings is 1. The third-order valence-corrected chi connectivity index (χ3v) is 2.66. The van der Waals surface area contributed by atoms with Gasteiger partial charge in [0.15, 0.2) is 12.4 Å². The fourth-order valence-corrected chi connectivity index (χ4v) is 1.45. The molecule has 0 heterocycles. The molecule has 112 valence electrons. The average Bonchev–Trinajstić information content (AvgIpc) is 2.34. The number of Topliss-reactive ketones (excluding diaryl/α,β-unsaturated/α-hetero) is 1. The summed E-state index contributed by atoms with van der Waals surface area (Å²) in [5.41, 5.74) is 0.743. The lowest BCUT2D eigenvalue weighted by atomic mass is 10.1. The van der Waals surface area contributed by atoms with Crippen LogP contribution in [-0.2, 0) is 6.42 Å². The van der Waals surface area contributed by atoms with E-state index in [1.54, 1.807) is 0 Å². The molecule has 0 bridgehead atoms. The van der Waals surface area contributed by atoms with E-state index < -0.39 is 24.5 Å². The first-order chi connectivity index (χ1) is 9.08. The Balaban J connectivity index is 2.96. The zero-order chi connectivity index (χ0) is 15.6. The van der Waals surface area contributed by atoms with Gasteiger partial charge in [-0.1, -0.05) is 13.0 Å². The minimum Gasteiger partial charge on any atom is -0.486 e. The topological polar surface area (TPSA) is 26.3 Å². The summed E-state index contributed by atoms with van der Waals surface area (Å²) in [5.74, 6) is -5.71. The number of aryl methyl sites for hydroxylation is 1. The fourth-order valence-electron chi connectivity index (χ4n) is 1.45. The van der Waals surface area contributed by atoms with Gasteiger partial charge >= 0.3 is 12.1 Å². The molecule has 0 atom stereocenters. The van der Waals surface area contributed by atoms with Gasteiger partial charge in [-0.15, -0.1) is 0 Å². The smallest absolute Gasteiger partial charge is 0.456 e. The van der Waals surface area contributed by atoms with E-state index in [4.69, 9.17) is 0 Å². The average molecular weight is 296 g/mol. The second-order valence-corrected chi connectivity index (χ2v) is 4.23. The number of carbonyl (C=O) groups excluding carboxylic acids is 1. The van der Waals surface area contributed by atoms with Crippen molar-refractivity contribution in [1.82, 2.24) is 0 Å². The molecule has 0 saturated carbocycles. The minimum absolute atomic E-state index is 0.0117. The number of halogens is 5. The number of hydrogen-bond donors (Lipinski definition) is 0. The standard InChI is InChI=1S/C13H13F5O2/c1-3-9-4-5-11(10(6-9)8(2)19)20-7-12(14,15)13(16,17)18/h4-6H,3,7H2,1-2H3. The van der Waals surface area contributed by atoms with Crippen LogP contribution in [0.3, 0.4) is 0 Å². The molecular formula is C13H13F5O2. The summed E-state index contributed by atoms with van der Waals surface area (Å²) in [5, 5.41) is 0. The van der Waals surface area contributed by atoms with E-state index in [1.807, 2.05) is 6.92 Å². The summed E-state index contributed by atoms with van der Waals surface area (Å²) >= 11 is 0. The van der Waals surface area contributed by atoms with Gasteiger partial charge in [0.1, 0.15) is 5.75 Å². The van der Waals surface area contributed by atoms with Gasteiger partial charge in [-0.05, 0) is 31.0 Å². The molecule has 0 aliphatic rings. The third-order valence-electron chi connectivity index (χ3n) is 2.66. The Labute approximate surface area is 112 Å². The zero-order valence-electron chi connectivity index (χ0n) is 10.9. The zero-order valence-corrected chi connectivity index (χ0v) is 10.9. The molecule has 0 aromatic heterocycles. The van der Waals surface area contributed by atoms with Crippen LogP contribution in [0.5, 0.6) is 5.75 Å². The summed E-state index contributed by atoms with van der Waals surface area (Å²) in [6.45, 7) is 1.14. The number of ether oxygens (including phenoxy) is 1. The Morgan fingerprint density at radius 3 is 2.25 bits per heavy atom. The first-order valence-corrected chi connectivity index (χ1v) is 5.79. The Hall–Kier alpha value is -1.66. The monoisotopic (exact) mass is 296 g/mol. The van der Waals surface area contributed by atoms with Gasteiger partial charge in [-0.25, -0.2) is 0 Å². The molecule has 0 aliphatic heterocycles. The second-order valence-electron chi connectivity index (χ2n) is 4.23. The van der Waals surface area contributed by atoms with Crippen LogP contribution in [0, 0.1) is 0 Å². The summed E-state index contributed by atoms with van der Waals surface area (Å²) in [6.07, 6.45) is -5.09. The highest BCUT2D eigenvalue weighted by Gasteiger charge is 2.58. The quantitative estimate of drug-likeness (QED) is 0.606. The molecule has 0 spiro atoms. The first-order valence-electron chi connectivity index (χ1n) is 5.79. The van der Waals surface area contributed by atoms with Crippen molar-refractivity contribution in [2.45, 2.75) is 32.4 Å². The predicted octanol–water partition coefficient (Wildman–Crippen LogP) is 4.03. The van der Waals surface area contributed by atoms with Crippen LogP contribution in [0.1, 0.15) is 29.8 Å². The minimum atomic E-state index is -5.69. The highest BCUT2D eigenvalue weighted by Crippen LogP contribution is 2.36. The normalized spacial score (nSPS) is 12.3. The van der Waals surface area contributed by atoms with Crippen molar-refractivity contribution in [2.24, 2.45) is 0 Å².